The summed E-state index contributed by atoms with van der Waals surface area (Å²) in [5.74, 6) is 1.30. The minimum Gasteiger partial charge on any atom is -0.236 e. The Labute approximate surface area is 177 Å². The van der Waals surface area contributed by atoms with Gasteiger partial charge in [-0.25, -0.2) is 9.97 Å². The zero-order chi connectivity index (χ0) is 20.7. The van der Waals surface area contributed by atoms with Crippen molar-refractivity contribution in [2.45, 2.75) is 26.7 Å². The largest absolute Gasteiger partial charge is 0.236 e. The summed E-state index contributed by atoms with van der Waals surface area (Å²) in [6.45, 7) is 6.56. The van der Waals surface area contributed by atoms with Crippen LogP contribution in [0.1, 0.15) is 30.9 Å². The van der Waals surface area contributed by atoms with Crippen molar-refractivity contribution in [3.05, 3.63) is 96.2 Å². The molecule has 5 aromatic rings. The summed E-state index contributed by atoms with van der Waals surface area (Å²) < 4.78 is 0. The molecule has 1 heterocycles. The first-order chi connectivity index (χ1) is 14.6. The molecule has 0 saturated heterocycles. The lowest BCUT2D eigenvalue weighted by atomic mass is 9.93. The second-order valence-corrected chi connectivity index (χ2v) is 8.19. The van der Waals surface area contributed by atoms with Crippen LogP contribution in [0.4, 0.5) is 0 Å². The van der Waals surface area contributed by atoms with E-state index in [0.29, 0.717) is 5.92 Å². The van der Waals surface area contributed by atoms with Gasteiger partial charge in [0.1, 0.15) is 0 Å². The number of benzene rings is 4. The van der Waals surface area contributed by atoms with Gasteiger partial charge >= 0.3 is 0 Å². The third-order valence-corrected chi connectivity index (χ3v) is 5.88. The molecule has 0 amide bonds. The van der Waals surface area contributed by atoms with E-state index in [-0.39, 0.29) is 0 Å². The number of aromatic nitrogens is 2. The number of rotatable bonds is 3. The molecule has 0 aliphatic rings. The smallest absolute Gasteiger partial charge is 0.160 e. The summed E-state index contributed by atoms with van der Waals surface area (Å²) in [6, 6.07) is 28.0. The van der Waals surface area contributed by atoms with Crippen LogP contribution < -0.4 is 0 Å². The highest BCUT2D eigenvalue weighted by Gasteiger charge is 2.12. The van der Waals surface area contributed by atoms with Crippen LogP contribution in [0.5, 0.6) is 0 Å². The third kappa shape index (κ3) is 3.15. The molecule has 0 aliphatic carbocycles. The number of fused-ring (bicyclic) bond motifs is 3. The van der Waals surface area contributed by atoms with Gasteiger partial charge in [-0.05, 0) is 51.9 Å². The van der Waals surface area contributed by atoms with E-state index in [1.807, 2.05) is 18.3 Å². The number of hydrogen-bond donors (Lipinski definition) is 0. The van der Waals surface area contributed by atoms with Crippen molar-refractivity contribution < 1.29 is 0 Å². The molecular weight excluding hydrogens is 364 g/mol. The first kappa shape index (κ1) is 18.5. The molecule has 0 fully saturated rings. The molecule has 1 aromatic heterocycles. The highest BCUT2D eigenvalue weighted by atomic mass is 14.9. The van der Waals surface area contributed by atoms with Gasteiger partial charge in [-0.1, -0.05) is 86.6 Å². The van der Waals surface area contributed by atoms with E-state index in [9.17, 15) is 0 Å². The Kier molecular flexibility index (Phi) is 4.55. The maximum absolute atomic E-state index is 4.98. The molecule has 0 atom stereocenters. The summed E-state index contributed by atoms with van der Waals surface area (Å²) in [4.78, 5) is 9.69. The topological polar surface area (TPSA) is 25.8 Å². The SMILES string of the molecule is Cc1ccccc1-c1ncc2c(cc(-c3ccc(C(C)C)cc3)c3ccccc32)n1. The fourth-order valence-corrected chi connectivity index (χ4v) is 4.12. The minimum atomic E-state index is 0.525. The molecule has 0 saturated carbocycles. The summed E-state index contributed by atoms with van der Waals surface area (Å²) in [5.41, 5.74) is 7.02. The Morgan fingerprint density at radius 1 is 0.700 bits per heavy atom. The number of aryl methyl sites for hydroxylation is 1. The van der Waals surface area contributed by atoms with Crippen molar-refractivity contribution in [1.29, 1.82) is 0 Å². The number of hydrogen-bond acceptors (Lipinski definition) is 2. The Balaban J connectivity index is 1.76. The fraction of sp³-hybridized carbons (Fsp3) is 0.143. The first-order valence-electron chi connectivity index (χ1n) is 10.5. The molecule has 30 heavy (non-hydrogen) atoms. The number of nitrogens with zero attached hydrogens (tertiary/aromatic N) is 2. The lowest BCUT2D eigenvalue weighted by Gasteiger charge is -2.13. The van der Waals surface area contributed by atoms with Gasteiger partial charge in [0.2, 0.25) is 0 Å². The van der Waals surface area contributed by atoms with Crippen molar-refractivity contribution in [1.82, 2.24) is 9.97 Å². The van der Waals surface area contributed by atoms with E-state index in [1.165, 1.54) is 33.0 Å². The molecule has 0 N–H and O–H groups in total. The van der Waals surface area contributed by atoms with Gasteiger partial charge in [0, 0.05) is 17.1 Å². The molecule has 0 radical (unpaired) electrons. The lowest BCUT2D eigenvalue weighted by Crippen LogP contribution is -1.94. The average Bonchev–Trinajstić information content (AvgIpc) is 2.78. The first-order valence-corrected chi connectivity index (χ1v) is 10.5. The predicted molar refractivity (Wildman–Crippen MR) is 127 cm³/mol. The monoisotopic (exact) mass is 388 g/mol. The summed E-state index contributed by atoms with van der Waals surface area (Å²) in [6.07, 6.45) is 1.97. The molecule has 0 unspecified atom stereocenters. The van der Waals surface area contributed by atoms with E-state index in [4.69, 9.17) is 9.97 Å². The summed E-state index contributed by atoms with van der Waals surface area (Å²) >= 11 is 0. The molecule has 0 spiro atoms. The molecule has 0 aliphatic heterocycles. The Bertz CT molecular complexity index is 1370. The highest BCUT2D eigenvalue weighted by Crippen LogP contribution is 2.35. The van der Waals surface area contributed by atoms with Crippen LogP contribution in [-0.4, -0.2) is 9.97 Å². The van der Waals surface area contributed by atoms with Crippen molar-refractivity contribution >= 4 is 21.7 Å². The molecule has 0 bridgehead atoms. The van der Waals surface area contributed by atoms with Gasteiger partial charge in [0.25, 0.3) is 0 Å². The molecular formula is C28H24N2. The zero-order valence-corrected chi connectivity index (χ0v) is 17.6. The quantitative estimate of drug-likeness (QED) is 0.298. The Morgan fingerprint density at radius 2 is 1.40 bits per heavy atom. The van der Waals surface area contributed by atoms with E-state index in [0.717, 1.165) is 22.3 Å². The van der Waals surface area contributed by atoms with Crippen LogP contribution >= 0.6 is 0 Å². The van der Waals surface area contributed by atoms with Gasteiger partial charge < -0.3 is 0 Å². The van der Waals surface area contributed by atoms with Crippen molar-refractivity contribution in [3.8, 4) is 22.5 Å². The normalized spacial score (nSPS) is 11.5. The van der Waals surface area contributed by atoms with E-state index in [1.54, 1.807) is 0 Å². The van der Waals surface area contributed by atoms with Crippen molar-refractivity contribution in [3.63, 3.8) is 0 Å². The predicted octanol–water partition coefficient (Wildman–Crippen LogP) is 7.55. The van der Waals surface area contributed by atoms with Gasteiger partial charge in [-0.3, -0.25) is 0 Å². The van der Waals surface area contributed by atoms with Gasteiger partial charge in [-0.2, -0.15) is 0 Å². The Morgan fingerprint density at radius 3 is 2.13 bits per heavy atom. The van der Waals surface area contributed by atoms with Gasteiger partial charge in [0.05, 0.1) is 5.52 Å². The molecule has 5 rings (SSSR count). The standard InChI is InChI=1S/C28H24N2/c1-18(2)20-12-14-21(15-13-20)25-16-27-26(24-11-7-6-10-23(24)25)17-29-28(30-27)22-9-5-4-8-19(22)3/h4-18H,1-3H3. The van der Waals surface area contributed by atoms with Crippen LogP contribution in [-0.2, 0) is 0 Å². The summed E-state index contributed by atoms with van der Waals surface area (Å²) in [5, 5.41) is 3.51. The van der Waals surface area contributed by atoms with Gasteiger partial charge in [0.15, 0.2) is 5.82 Å². The van der Waals surface area contributed by atoms with Crippen molar-refractivity contribution in [2.75, 3.05) is 0 Å². The van der Waals surface area contributed by atoms with E-state index in [2.05, 4.69) is 87.5 Å². The average molecular weight is 389 g/mol. The van der Waals surface area contributed by atoms with Crippen LogP contribution in [0.2, 0.25) is 0 Å². The van der Waals surface area contributed by atoms with Crippen LogP contribution in [0.3, 0.4) is 0 Å². The van der Waals surface area contributed by atoms with Gasteiger partial charge in [-0.15, -0.1) is 0 Å². The van der Waals surface area contributed by atoms with Crippen molar-refractivity contribution in [2.24, 2.45) is 0 Å². The second-order valence-electron chi connectivity index (χ2n) is 8.19. The second kappa shape index (κ2) is 7.38. The maximum atomic E-state index is 4.98. The lowest BCUT2D eigenvalue weighted by molar-refractivity contribution is 0.867. The minimum absolute atomic E-state index is 0.525. The fourth-order valence-electron chi connectivity index (χ4n) is 4.12. The molecule has 146 valence electrons. The molecule has 2 nitrogen and oxygen atoms in total. The van der Waals surface area contributed by atoms with E-state index >= 15 is 0 Å². The highest BCUT2D eigenvalue weighted by molar-refractivity contribution is 6.12. The third-order valence-electron chi connectivity index (χ3n) is 5.88. The van der Waals surface area contributed by atoms with Crippen LogP contribution in [0, 0.1) is 6.92 Å². The maximum Gasteiger partial charge on any atom is 0.160 e. The van der Waals surface area contributed by atoms with Crippen LogP contribution in [0.15, 0.2) is 85.1 Å². The molecule has 2 heteroatoms. The van der Waals surface area contributed by atoms with Crippen LogP contribution in [0.25, 0.3) is 44.2 Å². The Hall–Kier alpha value is -3.52. The van der Waals surface area contributed by atoms with E-state index < -0.39 is 0 Å². The summed E-state index contributed by atoms with van der Waals surface area (Å²) in [7, 11) is 0. The molecule has 4 aromatic carbocycles. The zero-order valence-electron chi connectivity index (χ0n) is 17.6.